The molecule has 5 nitrogen and oxygen atoms in total. The van der Waals surface area contributed by atoms with Crippen molar-refractivity contribution in [3.63, 3.8) is 0 Å². The molecule has 1 amide bonds. The van der Waals surface area contributed by atoms with E-state index < -0.39 is 0 Å². The lowest BCUT2D eigenvalue weighted by Crippen LogP contribution is -2.51. The highest BCUT2D eigenvalue weighted by Crippen LogP contribution is 2.25. The highest BCUT2D eigenvalue weighted by molar-refractivity contribution is 9.10. The third-order valence-corrected chi connectivity index (χ3v) is 4.56. The molecule has 0 bridgehead atoms. The molecule has 0 saturated carbocycles. The predicted octanol–water partition coefficient (Wildman–Crippen LogP) is 2.41. The molecule has 21 heavy (non-hydrogen) atoms. The van der Waals surface area contributed by atoms with Crippen molar-refractivity contribution in [2.75, 3.05) is 20.2 Å². The Morgan fingerprint density at radius 1 is 1.57 bits per heavy atom. The van der Waals surface area contributed by atoms with Crippen LogP contribution >= 0.6 is 15.9 Å². The largest absolute Gasteiger partial charge is 0.381 e. The number of carbonyl (C=O) groups is 1. The monoisotopic (exact) mass is 357 g/mol. The van der Waals surface area contributed by atoms with Crippen LogP contribution in [0.1, 0.15) is 43.2 Å². The number of piperidine rings is 1. The third-order valence-electron chi connectivity index (χ3n) is 4.12. The van der Waals surface area contributed by atoms with Gasteiger partial charge in [0.05, 0.1) is 6.10 Å². The number of hydrogen-bond acceptors (Lipinski definition) is 3. The van der Waals surface area contributed by atoms with Gasteiger partial charge in [0, 0.05) is 43.0 Å². The second-order valence-corrected chi connectivity index (χ2v) is 6.73. The van der Waals surface area contributed by atoms with Crippen LogP contribution in [0.25, 0.3) is 0 Å². The Labute approximate surface area is 134 Å². The number of halogens is 1. The van der Waals surface area contributed by atoms with Crippen LogP contribution in [0, 0.1) is 0 Å². The Balaban J connectivity index is 2.23. The van der Waals surface area contributed by atoms with E-state index in [0.717, 1.165) is 17.3 Å². The van der Waals surface area contributed by atoms with Gasteiger partial charge in [-0.3, -0.25) is 4.79 Å². The number of rotatable bonds is 4. The number of nitrogens with two attached hydrogens (primary N) is 1. The van der Waals surface area contributed by atoms with Gasteiger partial charge in [0.2, 0.25) is 0 Å². The predicted molar refractivity (Wildman–Crippen MR) is 86.4 cm³/mol. The lowest BCUT2D eigenvalue weighted by molar-refractivity contribution is 0.0133. The first kappa shape index (κ1) is 16.5. The van der Waals surface area contributed by atoms with Crippen LogP contribution in [-0.4, -0.2) is 47.7 Å². The molecule has 2 unspecified atom stereocenters. The van der Waals surface area contributed by atoms with E-state index in [4.69, 9.17) is 10.5 Å². The molecule has 2 heterocycles. The highest BCUT2D eigenvalue weighted by atomic mass is 79.9. The Bertz CT molecular complexity index is 501. The lowest BCUT2D eigenvalue weighted by Gasteiger charge is -2.38. The maximum atomic E-state index is 12.9. The topological polar surface area (TPSA) is 60.5 Å². The van der Waals surface area contributed by atoms with Crippen molar-refractivity contribution >= 4 is 21.8 Å². The Morgan fingerprint density at radius 3 is 2.86 bits per heavy atom. The maximum absolute atomic E-state index is 12.9. The summed E-state index contributed by atoms with van der Waals surface area (Å²) < 4.78 is 8.35. The van der Waals surface area contributed by atoms with Gasteiger partial charge in [-0.15, -0.1) is 0 Å². The van der Waals surface area contributed by atoms with Crippen LogP contribution < -0.4 is 5.73 Å². The molecule has 6 heteroatoms. The molecule has 1 saturated heterocycles. The van der Waals surface area contributed by atoms with E-state index in [1.54, 1.807) is 7.11 Å². The minimum Gasteiger partial charge on any atom is -0.381 e. The summed E-state index contributed by atoms with van der Waals surface area (Å²) in [5, 5.41) is 0. The zero-order valence-corrected chi connectivity index (χ0v) is 14.5. The lowest BCUT2D eigenvalue weighted by atomic mass is 9.99. The molecule has 0 spiro atoms. The summed E-state index contributed by atoms with van der Waals surface area (Å²) in [6.45, 7) is 5.30. The Morgan fingerprint density at radius 2 is 2.29 bits per heavy atom. The van der Waals surface area contributed by atoms with Crippen LogP contribution in [0.2, 0.25) is 0 Å². The van der Waals surface area contributed by atoms with Gasteiger partial charge in [0.25, 0.3) is 5.91 Å². The summed E-state index contributed by atoms with van der Waals surface area (Å²) >= 11 is 3.46. The fourth-order valence-electron chi connectivity index (χ4n) is 2.91. The summed E-state index contributed by atoms with van der Waals surface area (Å²) in [5.41, 5.74) is 6.58. The molecule has 2 rings (SSSR count). The second-order valence-electron chi connectivity index (χ2n) is 5.81. The van der Waals surface area contributed by atoms with E-state index >= 15 is 0 Å². The van der Waals surface area contributed by atoms with Gasteiger partial charge in [-0.1, -0.05) is 0 Å². The van der Waals surface area contributed by atoms with Gasteiger partial charge >= 0.3 is 0 Å². The number of aromatic nitrogens is 1. The molecule has 0 radical (unpaired) electrons. The summed E-state index contributed by atoms with van der Waals surface area (Å²) in [6.07, 6.45) is 3.83. The van der Waals surface area contributed by atoms with Crippen molar-refractivity contribution in [2.24, 2.45) is 5.73 Å². The van der Waals surface area contributed by atoms with E-state index in [9.17, 15) is 4.79 Å². The zero-order chi connectivity index (χ0) is 15.6. The van der Waals surface area contributed by atoms with Gasteiger partial charge in [0.1, 0.15) is 5.69 Å². The number of methoxy groups -OCH3 is 1. The summed E-state index contributed by atoms with van der Waals surface area (Å²) in [6, 6.07) is 2.17. The highest BCUT2D eigenvalue weighted by Gasteiger charge is 2.32. The first-order chi connectivity index (χ1) is 9.97. The normalized spacial score (nSPS) is 22.9. The zero-order valence-electron chi connectivity index (χ0n) is 12.9. The molecule has 2 N–H and O–H groups in total. The maximum Gasteiger partial charge on any atom is 0.270 e. The van der Waals surface area contributed by atoms with Crippen molar-refractivity contribution in [3.8, 4) is 0 Å². The molecule has 0 aromatic carbocycles. The summed E-state index contributed by atoms with van der Waals surface area (Å²) in [5.74, 6) is 0.0550. The fraction of sp³-hybridized carbons (Fsp3) is 0.667. The number of carbonyl (C=O) groups excluding carboxylic acids is 1. The molecule has 1 aliphatic heterocycles. The van der Waals surface area contributed by atoms with Crippen LogP contribution in [0.4, 0.5) is 0 Å². The third kappa shape index (κ3) is 3.49. The Kier molecular flexibility index (Phi) is 5.46. The molecule has 2 atom stereocenters. The van der Waals surface area contributed by atoms with Crippen molar-refractivity contribution in [1.29, 1.82) is 0 Å². The quantitative estimate of drug-likeness (QED) is 0.899. The molecule has 118 valence electrons. The first-order valence-electron chi connectivity index (χ1n) is 7.39. The molecule has 1 aromatic rings. The van der Waals surface area contributed by atoms with Crippen LogP contribution in [0.3, 0.4) is 0 Å². The number of amides is 1. The van der Waals surface area contributed by atoms with Crippen LogP contribution in [0.15, 0.2) is 16.7 Å². The van der Waals surface area contributed by atoms with Gasteiger partial charge < -0.3 is 19.9 Å². The minimum absolute atomic E-state index is 0.0467. The Hall–Kier alpha value is -0.850. The van der Waals surface area contributed by atoms with E-state index in [1.807, 2.05) is 21.7 Å². The number of hydrogen-bond donors (Lipinski definition) is 1. The molecular formula is C15H24BrN3O2. The summed E-state index contributed by atoms with van der Waals surface area (Å²) in [4.78, 5) is 14.8. The van der Waals surface area contributed by atoms with Crippen LogP contribution in [0.5, 0.6) is 0 Å². The molecule has 1 fully saturated rings. The van der Waals surface area contributed by atoms with Gasteiger partial charge in [0.15, 0.2) is 0 Å². The van der Waals surface area contributed by atoms with Gasteiger partial charge in [-0.2, -0.15) is 0 Å². The first-order valence-corrected chi connectivity index (χ1v) is 8.18. The molecule has 1 aromatic heterocycles. The standard InChI is InChI=1S/C15H24BrN3O2/c1-10(2)19-9-11(16)6-14(19)15(20)18-5-4-13(21-3)7-12(18)8-17/h6,9-10,12-13H,4-5,7-8,17H2,1-3H3. The molecule has 0 aliphatic carbocycles. The van der Waals surface area contributed by atoms with E-state index in [2.05, 4.69) is 29.8 Å². The number of likely N-dealkylation sites (tertiary alicyclic amines) is 1. The molecule has 1 aliphatic rings. The van der Waals surface area contributed by atoms with Gasteiger partial charge in [-0.25, -0.2) is 0 Å². The van der Waals surface area contributed by atoms with Crippen molar-refractivity contribution in [2.45, 2.75) is 44.9 Å². The average Bonchev–Trinajstić information content (AvgIpc) is 2.88. The fourth-order valence-corrected chi connectivity index (χ4v) is 3.35. The van der Waals surface area contributed by atoms with Crippen molar-refractivity contribution in [3.05, 3.63) is 22.4 Å². The molecular weight excluding hydrogens is 334 g/mol. The smallest absolute Gasteiger partial charge is 0.270 e. The number of ether oxygens (including phenoxy) is 1. The van der Waals surface area contributed by atoms with E-state index in [-0.39, 0.29) is 24.1 Å². The van der Waals surface area contributed by atoms with E-state index in [0.29, 0.717) is 18.8 Å². The van der Waals surface area contributed by atoms with E-state index in [1.165, 1.54) is 0 Å². The average molecular weight is 358 g/mol. The number of nitrogens with zero attached hydrogens (tertiary/aromatic N) is 2. The van der Waals surface area contributed by atoms with Gasteiger partial charge in [-0.05, 0) is 48.7 Å². The summed E-state index contributed by atoms with van der Waals surface area (Å²) in [7, 11) is 1.72. The second kappa shape index (κ2) is 6.94. The SMILES string of the molecule is COC1CCN(C(=O)c2cc(Br)cn2C(C)C)C(CN)C1. The van der Waals surface area contributed by atoms with Crippen molar-refractivity contribution < 1.29 is 9.53 Å². The van der Waals surface area contributed by atoms with Crippen molar-refractivity contribution in [1.82, 2.24) is 9.47 Å². The van der Waals surface area contributed by atoms with Crippen LogP contribution in [-0.2, 0) is 4.74 Å². The minimum atomic E-state index is 0.0467.